The largest absolute Gasteiger partial charge is 0.466 e. The summed E-state index contributed by atoms with van der Waals surface area (Å²) in [4.78, 5) is 32.1. The number of ether oxygens (including phenoxy) is 4. The third-order valence-corrected chi connectivity index (χ3v) is 6.66. The van der Waals surface area contributed by atoms with Crippen LogP contribution in [0, 0.1) is 5.92 Å². The van der Waals surface area contributed by atoms with Gasteiger partial charge in [0, 0.05) is 26.2 Å². The molecule has 0 amide bonds. The van der Waals surface area contributed by atoms with Crippen molar-refractivity contribution in [3.05, 3.63) is 29.4 Å². The number of aromatic nitrogens is 2. The van der Waals surface area contributed by atoms with Crippen LogP contribution >= 0.6 is 0 Å². The van der Waals surface area contributed by atoms with E-state index >= 15 is 0 Å². The zero-order chi connectivity index (χ0) is 29.0. The number of esters is 2. The fraction of sp³-hybridized carbons (Fsp3) is 0.630. The van der Waals surface area contributed by atoms with E-state index in [4.69, 9.17) is 36.1 Å². The predicted octanol–water partition coefficient (Wildman–Crippen LogP) is 2.46. The molecule has 1 aromatic heterocycles. The van der Waals surface area contributed by atoms with Crippen molar-refractivity contribution in [3.63, 3.8) is 0 Å². The van der Waals surface area contributed by atoms with Crippen LogP contribution in [0.5, 0.6) is 0 Å². The molecule has 0 saturated carbocycles. The van der Waals surface area contributed by atoms with Gasteiger partial charge in [-0.2, -0.15) is 9.97 Å². The van der Waals surface area contributed by atoms with Crippen molar-refractivity contribution in [1.29, 1.82) is 0 Å². The van der Waals surface area contributed by atoms with Gasteiger partial charge in [-0.3, -0.25) is 9.59 Å². The number of allylic oxidation sites excluding steroid dienone is 2. The second-order valence-electron chi connectivity index (χ2n) is 9.51. The number of anilines is 3. The highest BCUT2D eigenvalue weighted by molar-refractivity contribution is 5.77. The van der Waals surface area contributed by atoms with Gasteiger partial charge in [-0.1, -0.05) is 19.1 Å². The first-order valence-electron chi connectivity index (χ1n) is 13.3. The van der Waals surface area contributed by atoms with E-state index < -0.39 is 17.7 Å². The highest BCUT2D eigenvalue weighted by Gasteiger charge is 2.42. The van der Waals surface area contributed by atoms with Gasteiger partial charge in [0.1, 0.15) is 17.7 Å². The fourth-order valence-electron chi connectivity index (χ4n) is 4.74. The molecule has 218 valence electrons. The molecule has 0 aromatic carbocycles. The summed E-state index contributed by atoms with van der Waals surface area (Å²) in [6.45, 7) is 6.88. The smallest absolute Gasteiger partial charge is 0.323 e. The molecule has 3 atom stereocenters. The van der Waals surface area contributed by atoms with Crippen LogP contribution < -0.4 is 22.5 Å². The lowest BCUT2D eigenvalue weighted by molar-refractivity contribution is -0.179. The maximum absolute atomic E-state index is 12.3. The van der Waals surface area contributed by atoms with Gasteiger partial charge in [-0.15, -0.1) is 0 Å². The Hall–Kier alpha value is -3.22. The Bertz CT molecular complexity index is 1000. The van der Waals surface area contributed by atoms with E-state index in [2.05, 4.69) is 22.2 Å². The summed E-state index contributed by atoms with van der Waals surface area (Å²) < 4.78 is 21.8. The number of rotatable bonds is 16. The van der Waals surface area contributed by atoms with E-state index in [1.165, 1.54) is 0 Å². The molecule has 1 aliphatic rings. The van der Waals surface area contributed by atoms with E-state index in [0.29, 0.717) is 31.1 Å². The van der Waals surface area contributed by atoms with E-state index in [9.17, 15) is 9.59 Å². The van der Waals surface area contributed by atoms with E-state index in [1.54, 1.807) is 28.1 Å². The van der Waals surface area contributed by atoms with Crippen molar-refractivity contribution in [2.75, 3.05) is 51.2 Å². The van der Waals surface area contributed by atoms with Crippen LogP contribution in [0.15, 0.2) is 23.8 Å². The zero-order valence-electron chi connectivity index (χ0n) is 23.7. The molecule has 0 radical (unpaired) electrons. The summed E-state index contributed by atoms with van der Waals surface area (Å²) in [6, 6.07) is -0.549. The van der Waals surface area contributed by atoms with Crippen molar-refractivity contribution in [2.24, 2.45) is 5.92 Å². The molecule has 1 aromatic rings. The molecule has 0 fully saturated rings. The monoisotopic (exact) mass is 548 g/mol. The first kappa shape index (κ1) is 32.0. The number of carbonyl (C=O) groups is 2. The minimum atomic E-state index is -1.14. The van der Waals surface area contributed by atoms with Crippen molar-refractivity contribution in [3.8, 4) is 0 Å². The average molecular weight is 549 g/mol. The highest BCUT2D eigenvalue weighted by Crippen LogP contribution is 2.43. The van der Waals surface area contributed by atoms with Crippen LogP contribution in [-0.4, -0.2) is 67.7 Å². The zero-order valence-corrected chi connectivity index (χ0v) is 23.7. The van der Waals surface area contributed by atoms with Crippen LogP contribution in [0.2, 0.25) is 0 Å². The van der Waals surface area contributed by atoms with Crippen molar-refractivity contribution >= 4 is 29.5 Å². The predicted molar refractivity (Wildman–Crippen MR) is 149 cm³/mol. The molecule has 0 saturated heterocycles. The molecular formula is C27H44N6O6. The average Bonchev–Trinajstić information content (AvgIpc) is 2.88. The van der Waals surface area contributed by atoms with Crippen LogP contribution in [0.1, 0.15) is 64.4 Å². The molecule has 1 heterocycles. The Kier molecular flexibility index (Phi) is 12.6. The Morgan fingerprint density at radius 3 is 2.28 bits per heavy atom. The van der Waals surface area contributed by atoms with Gasteiger partial charge in [0.25, 0.3) is 0 Å². The first-order chi connectivity index (χ1) is 18.6. The molecule has 1 aliphatic carbocycles. The highest BCUT2D eigenvalue weighted by atomic mass is 16.7. The molecule has 0 spiro atoms. The third-order valence-electron chi connectivity index (χ3n) is 6.66. The maximum Gasteiger partial charge on any atom is 0.323 e. The number of carbonyl (C=O) groups excluding carboxylic acids is 2. The number of nitrogens with two attached hydrogens (primary N) is 3. The minimum Gasteiger partial charge on any atom is -0.466 e. The Morgan fingerprint density at radius 2 is 1.69 bits per heavy atom. The number of nitrogens with one attached hydrogen (secondary N) is 1. The quantitative estimate of drug-likeness (QED) is 0.134. The van der Waals surface area contributed by atoms with Gasteiger partial charge < -0.3 is 41.5 Å². The Balaban J connectivity index is 1.98. The van der Waals surface area contributed by atoms with Gasteiger partial charge in [0.2, 0.25) is 5.95 Å². The Morgan fingerprint density at radius 1 is 1.05 bits per heavy atom. The summed E-state index contributed by atoms with van der Waals surface area (Å²) in [5.41, 5.74) is 19.5. The topological polar surface area (TPSA) is 187 Å². The molecular weight excluding hydrogens is 504 g/mol. The van der Waals surface area contributed by atoms with E-state index in [0.717, 1.165) is 24.8 Å². The maximum atomic E-state index is 12.3. The molecule has 2 rings (SSSR count). The fourth-order valence-corrected chi connectivity index (χ4v) is 4.74. The van der Waals surface area contributed by atoms with Crippen LogP contribution in [0.3, 0.4) is 0 Å². The van der Waals surface area contributed by atoms with Gasteiger partial charge in [-0.25, -0.2) is 0 Å². The molecule has 7 N–H and O–H groups in total. The van der Waals surface area contributed by atoms with Crippen molar-refractivity contribution in [1.82, 2.24) is 15.3 Å². The van der Waals surface area contributed by atoms with Crippen LogP contribution in [0.4, 0.5) is 17.6 Å². The van der Waals surface area contributed by atoms with Crippen LogP contribution in [0.25, 0.3) is 0 Å². The summed E-state index contributed by atoms with van der Waals surface area (Å²) >= 11 is 0. The van der Waals surface area contributed by atoms with Gasteiger partial charge >= 0.3 is 11.9 Å². The lowest BCUT2D eigenvalue weighted by atomic mass is 9.82. The Labute approximate surface area is 230 Å². The summed E-state index contributed by atoms with van der Waals surface area (Å²) in [6.07, 6.45) is 8.90. The van der Waals surface area contributed by atoms with E-state index in [1.807, 2.05) is 18.2 Å². The molecule has 39 heavy (non-hydrogen) atoms. The summed E-state index contributed by atoms with van der Waals surface area (Å²) in [5, 5.41) is 3.24. The molecule has 0 aliphatic heterocycles. The normalized spacial score (nSPS) is 17.8. The van der Waals surface area contributed by atoms with Gasteiger partial charge in [0.05, 0.1) is 19.1 Å². The van der Waals surface area contributed by atoms with Crippen molar-refractivity contribution in [2.45, 2.75) is 70.6 Å². The number of hydrogen-bond donors (Lipinski definition) is 4. The number of hydrogen-bond acceptors (Lipinski definition) is 12. The second-order valence-corrected chi connectivity index (χ2v) is 9.51. The SMILES string of the molecule is CCOC(=O)CC[C@H](NCCCC(C)CC1=CC(OC)(OC)C(c2c(N)nc(N)nc2N)C=C1)C(=O)OCC. The lowest BCUT2D eigenvalue weighted by Crippen LogP contribution is -2.40. The number of methoxy groups -OCH3 is 2. The third kappa shape index (κ3) is 8.91. The minimum absolute atomic E-state index is 0.00101. The molecule has 2 unspecified atom stereocenters. The van der Waals surface area contributed by atoms with E-state index in [-0.39, 0.29) is 42.6 Å². The van der Waals surface area contributed by atoms with Crippen molar-refractivity contribution < 1.29 is 28.5 Å². The van der Waals surface area contributed by atoms with Gasteiger partial charge in [-0.05, 0) is 63.6 Å². The lowest BCUT2D eigenvalue weighted by Gasteiger charge is -2.38. The van der Waals surface area contributed by atoms with Crippen LogP contribution in [-0.2, 0) is 28.5 Å². The molecule has 12 nitrogen and oxygen atoms in total. The molecule has 12 heteroatoms. The number of nitrogen functional groups attached to an aromatic ring is 3. The number of nitrogens with zero attached hydrogens (tertiary/aromatic N) is 2. The summed E-state index contributed by atoms with van der Waals surface area (Å²) in [7, 11) is 3.12. The second kappa shape index (κ2) is 15.4. The van der Waals surface area contributed by atoms with Gasteiger partial charge in [0.15, 0.2) is 5.79 Å². The standard InChI is InChI=1S/C27H44N6O6/c1-6-38-21(34)13-12-20(25(35)39-7-2)31-14-8-9-17(3)15-18-10-11-19(27(16-18,36-4)37-5)22-23(28)32-26(30)33-24(22)29/h10-11,16-17,19-20,31H,6-9,12-15H2,1-5H3,(H6,28,29,30,32,33)/t17?,19?,20-/m0/s1. The summed E-state index contributed by atoms with van der Waals surface area (Å²) in [5.74, 6) is -1.60. The first-order valence-corrected chi connectivity index (χ1v) is 13.3. The molecule has 0 bridgehead atoms.